The lowest BCUT2D eigenvalue weighted by atomic mass is 10.1. The molecule has 3 aromatic rings. The molecule has 3 aromatic carbocycles. The summed E-state index contributed by atoms with van der Waals surface area (Å²) in [4.78, 5) is 38.8. The van der Waals surface area contributed by atoms with Crippen molar-refractivity contribution in [2.75, 3.05) is 19.7 Å². The molecule has 0 bridgehead atoms. The molecule has 0 saturated carbocycles. The number of hydrogen-bond donors (Lipinski definition) is 1. The SMILES string of the molecule is O=C(CNC(=O)c1ccc(Cl)cc1Cl)OCC(=O)N(CCc1ccccc1)Cc1ccccc1. The average molecular weight is 499 g/mol. The van der Waals surface area contributed by atoms with Crippen molar-refractivity contribution in [3.05, 3.63) is 106 Å². The standard InChI is InChI=1S/C26H24Cl2N2O4/c27-21-11-12-22(23(28)15-21)26(33)29-16-25(32)34-18-24(31)30(17-20-9-5-2-6-10-20)14-13-19-7-3-1-4-8-19/h1-12,15H,13-14,16-18H2,(H,29,33). The number of halogens is 2. The molecule has 34 heavy (non-hydrogen) atoms. The maximum atomic E-state index is 12.8. The molecule has 0 aromatic heterocycles. The predicted octanol–water partition coefficient (Wildman–Crippen LogP) is 4.54. The number of carbonyl (C=O) groups excluding carboxylic acids is 3. The second-order valence-electron chi connectivity index (χ2n) is 7.50. The molecular formula is C26H24Cl2N2O4. The lowest BCUT2D eigenvalue weighted by Gasteiger charge is -2.23. The van der Waals surface area contributed by atoms with E-state index in [1.807, 2.05) is 60.7 Å². The Morgan fingerprint density at radius 1 is 0.853 bits per heavy atom. The molecule has 1 N–H and O–H groups in total. The van der Waals surface area contributed by atoms with E-state index in [0.29, 0.717) is 24.5 Å². The quantitative estimate of drug-likeness (QED) is 0.416. The molecule has 2 amide bonds. The molecule has 0 aliphatic carbocycles. The van der Waals surface area contributed by atoms with Crippen LogP contribution in [0.4, 0.5) is 0 Å². The maximum Gasteiger partial charge on any atom is 0.325 e. The predicted molar refractivity (Wildman–Crippen MR) is 132 cm³/mol. The van der Waals surface area contributed by atoms with Crippen molar-refractivity contribution in [1.82, 2.24) is 10.2 Å². The number of rotatable bonds is 10. The number of benzene rings is 3. The summed E-state index contributed by atoms with van der Waals surface area (Å²) in [5.74, 6) is -1.59. The van der Waals surface area contributed by atoms with Crippen molar-refractivity contribution < 1.29 is 19.1 Å². The Balaban J connectivity index is 1.52. The zero-order chi connectivity index (χ0) is 24.3. The zero-order valence-corrected chi connectivity index (χ0v) is 19.9. The van der Waals surface area contributed by atoms with Gasteiger partial charge in [-0.25, -0.2) is 0 Å². The number of amides is 2. The number of nitrogens with zero attached hydrogens (tertiary/aromatic N) is 1. The van der Waals surface area contributed by atoms with Crippen LogP contribution in [0.2, 0.25) is 10.0 Å². The highest BCUT2D eigenvalue weighted by atomic mass is 35.5. The second-order valence-corrected chi connectivity index (χ2v) is 8.35. The summed E-state index contributed by atoms with van der Waals surface area (Å²) in [7, 11) is 0. The van der Waals surface area contributed by atoms with Gasteiger partial charge in [0.2, 0.25) is 0 Å². The van der Waals surface area contributed by atoms with E-state index in [-0.39, 0.29) is 16.5 Å². The smallest absolute Gasteiger partial charge is 0.325 e. The Morgan fingerprint density at radius 2 is 1.50 bits per heavy atom. The van der Waals surface area contributed by atoms with Crippen molar-refractivity contribution >= 4 is 41.0 Å². The van der Waals surface area contributed by atoms with E-state index >= 15 is 0 Å². The van der Waals surface area contributed by atoms with Gasteiger partial charge in [0.15, 0.2) is 6.61 Å². The highest BCUT2D eigenvalue weighted by molar-refractivity contribution is 6.36. The molecule has 0 aliphatic heterocycles. The molecule has 3 rings (SSSR count). The monoisotopic (exact) mass is 498 g/mol. The van der Waals surface area contributed by atoms with Crippen molar-refractivity contribution in [2.24, 2.45) is 0 Å². The summed E-state index contributed by atoms with van der Waals surface area (Å²) in [6.45, 7) is 0.0583. The van der Waals surface area contributed by atoms with Gasteiger partial charge in [0.1, 0.15) is 6.54 Å². The first-order valence-electron chi connectivity index (χ1n) is 10.7. The second kappa shape index (κ2) is 12.8. The Bertz CT molecular complexity index is 1120. The molecule has 8 heteroatoms. The van der Waals surface area contributed by atoms with Crippen molar-refractivity contribution in [3.8, 4) is 0 Å². The third-order valence-electron chi connectivity index (χ3n) is 5.01. The van der Waals surface area contributed by atoms with Crippen LogP contribution in [0.5, 0.6) is 0 Å². The molecule has 0 radical (unpaired) electrons. The Labute approximate surface area is 208 Å². The molecule has 6 nitrogen and oxygen atoms in total. The van der Waals surface area contributed by atoms with Gasteiger partial charge in [-0.2, -0.15) is 0 Å². The fourth-order valence-electron chi connectivity index (χ4n) is 3.21. The van der Waals surface area contributed by atoms with E-state index in [4.69, 9.17) is 27.9 Å². The van der Waals surface area contributed by atoms with Gasteiger partial charge in [-0.05, 0) is 35.7 Å². The number of esters is 1. The fraction of sp³-hybridized carbons (Fsp3) is 0.192. The number of hydrogen-bond acceptors (Lipinski definition) is 4. The van der Waals surface area contributed by atoms with E-state index < -0.39 is 25.0 Å². The Kier molecular flexibility index (Phi) is 9.50. The molecular weight excluding hydrogens is 475 g/mol. The topological polar surface area (TPSA) is 75.7 Å². The van der Waals surface area contributed by atoms with Crippen molar-refractivity contribution in [1.29, 1.82) is 0 Å². The molecule has 0 heterocycles. The fourth-order valence-corrected chi connectivity index (χ4v) is 3.70. The van der Waals surface area contributed by atoms with Gasteiger partial charge >= 0.3 is 5.97 Å². The number of ether oxygens (including phenoxy) is 1. The van der Waals surface area contributed by atoms with Crippen LogP contribution in [0.15, 0.2) is 78.9 Å². The molecule has 0 saturated heterocycles. The minimum absolute atomic E-state index is 0.170. The third kappa shape index (κ3) is 7.90. The van der Waals surface area contributed by atoms with Crippen LogP contribution in [0, 0.1) is 0 Å². The van der Waals surface area contributed by atoms with E-state index in [1.165, 1.54) is 18.2 Å². The minimum atomic E-state index is -0.727. The van der Waals surface area contributed by atoms with Gasteiger partial charge in [0.25, 0.3) is 11.8 Å². The van der Waals surface area contributed by atoms with Gasteiger partial charge in [-0.15, -0.1) is 0 Å². The number of nitrogens with one attached hydrogen (secondary N) is 1. The summed E-state index contributed by atoms with van der Waals surface area (Å²) >= 11 is 11.8. The highest BCUT2D eigenvalue weighted by Crippen LogP contribution is 2.20. The Hall–Kier alpha value is -3.35. The number of carbonyl (C=O) groups is 3. The molecule has 176 valence electrons. The first kappa shape index (κ1) is 25.3. The summed E-state index contributed by atoms with van der Waals surface area (Å²) in [5.41, 5.74) is 2.26. The summed E-state index contributed by atoms with van der Waals surface area (Å²) in [6, 6.07) is 23.9. The van der Waals surface area contributed by atoms with Gasteiger partial charge in [-0.1, -0.05) is 83.9 Å². The molecule has 0 spiro atoms. The van der Waals surface area contributed by atoms with E-state index in [9.17, 15) is 14.4 Å². The summed E-state index contributed by atoms with van der Waals surface area (Å²) < 4.78 is 5.11. The molecule has 0 fully saturated rings. The Morgan fingerprint density at radius 3 is 2.15 bits per heavy atom. The third-order valence-corrected chi connectivity index (χ3v) is 5.56. The lowest BCUT2D eigenvalue weighted by Crippen LogP contribution is -2.37. The molecule has 0 atom stereocenters. The van der Waals surface area contributed by atoms with Crippen LogP contribution >= 0.6 is 23.2 Å². The first-order chi connectivity index (χ1) is 16.4. The normalized spacial score (nSPS) is 10.4. The van der Waals surface area contributed by atoms with Crippen LogP contribution in [0.1, 0.15) is 21.5 Å². The van der Waals surface area contributed by atoms with Gasteiger partial charge in [0.05, 0.1) is 10.6 Å². The van der Waals surface area contributed by atoms with Crippen LogP contribution in [0.25, 0.3) is 0 Å². The van der Waals surface area contributed by atoms with Crippen LogP contribution in [0.3, 0.4) is 0 Å². The molecule has 0 aliphatic rings. The summed E-state index contributed by atoms with van der Waals surface area (Å²) in [6.07, 6.45) is 0.672. The van der Waals surface area contributed by atoms with Crippen LogP contribution in [-0.4, -0.2) is 42.4 Å². The van der Waals surface area contributed by atoms with Gasteiger partial charge < -0.3 is 15.0 Å². The minimum Gasteiger partial charge on any atom is -0.454 e. The van der Waals surface area contributed by atoms with Gasteiger partial charge in [-0.3, -0.25) is 14.4 Å². The van der Waals surface area contributed by atoms with Crippen molar-refractivity contribution in [2.45, 2.75) is 13.0 Å². The summed E-state index contributed by atoms with van der Waals surface area (Å²) in [5, 5.41) is 3.00. The first-order valence-corrected chi connectivity index (χ1v) is 11.4. The highest BCUT2D eigenvalue weighted by Gasteiger charge is 2.18. The van der Waals surface area contributed by atoms with E-state index in [2.05, 4.69) is 5.32 Å². The van der Waals surface area contributed by atoms with E-state index in [0.717, 1.165) is 11.1 Å². The van der Waals surface area contributed by atoms with Crippen LogP contribution < -0.4 is 5.32 Å². The van der Waals surface area contributed by atoms with Crippen LogP contribution in [-0.2, 0) is 27.3 Å². The molecule has 0 unspecified atom stereocenters. The van der Waals surface area contributed by atoms with Gasteiger partial charge in [0, 0.05) is 18.1 Å². The largest absolute Gasteiger partial charge is 0.454 e. The lowest BCUT2D eigenvalue weighted by molar-refractivity contribution is -0.151. The maximum absolute atomic E-state index is 12.8. The average Bonchev–Trinajstić information content (AvgIpc) is 2.84. The van der Waals surface area contributed by atoms with E-state index in [1.54, 1.807) is 4.90 Å². The van der Waals surface area contributed by atoms with Crippen molar-refractivity contribution in [3.63, 3.8) is 0 Å². The zero-order valence-electron chi connectivity index (χ0n) is 18.4.